The van der Waals surface area contributed by atoms with Gasteiger partial charge in [-0.05, 0) is 17.7 Å². The van der Waals surface area contributed by atoms with Crippen LogP contribution in [-0.4, -0.2) is 9.55 Å². The first-order valence-corrected chi connectivity index (χ1v) is 4.54. The van der Waals surface area contributed by atoms with E-state index in [9.17, 15) is 0 Å². The highest BCUT2D eigenvalue weighted by molar-refractivity contribution is 5.33. The molecule has 0 fully saturated rings. The highest BCUT2D eigenvalue weighted by atomic mass is 15.1. The van der Waals surface area contributed by atoms with Crippen molar-refractivity contribution in [3.63, 3.8) is 0 Å². The number of nitrogens with zero attached hydrogens (tertiary/aromatic N) is 3. The van der Waals surface area contributed by atoms with E-state index < -0.39 is 0 Å². The molecule has 1 aromatic heterocycles. The van der Waals surface area contributed by atoms with E-state index in [0.717, 1.165) is 5.56 Å². The van der Waals surface area contributed by atoms with Crippen molar-refractivity contribution in [1.82, 2.24) is 9.55 Å². The Balaban J connectivity index is 2.19. The summed E-state index contributed by atoms with van der Waals surface area (Å²) in [5.41, 5.74) is 7.45. The lowest BCUT2D eigenvalue weighted by molar-refractivity contribution is 0.807. The maximum atomic E-state index is 8.64. The molecule has 2 rings (SSSR count). The Bertz CT molecular complexity index is 490. The smallest absolute Gasteiger partial charge is 0.123 e. The van der Waals surface area contributed by atoms with Gasteiger partial charge in [0.25, 0.3) is 0 Å². The van der Waals surface area contributed by atoms with Gasteiger partial charge in [0.05, 0.1) is 30.7 Å². The van der Waals surface area contributed by atoms with Crippen molar-refractivity contribution in [1.29, 1.82) is 5.26 Å². The van der Waals surface area contributed by atoms with Crippen LogP contribution in [0.1, 0.15) is 11.1 Å². The fourth-order valence-electron chi connectivity index (χ4n) is 1.34. The lowest BCUT2D eigenvalue weighted by Gasteiger charge is -2.04. The van der Waals surface area contributed by atoms with E-state index in [-0.39, 0.29) is 0 Å². The lowest BCUT2D eigenvalue weighted by Crippen LogP contribution is -2.02. The van der Waals surface area contributed by atoms with Crippen molar-refractivity contribution in [2.45, 2.75) is 6.54 Å². The molecule has 0 bridgehead atoms. The molecule has 0 saturated carbocycles. The highest BCUT2D eigenvalue weighted by Crippen LogP contribution is 2.08. The minimum atomic E-state index is 0.638. The van der Waals surface area contributed by atoms with Crippen LogP contribution in [0.5, 0.6) is 0 Å². The van der Waals surface area contributed by atoms with Crippen molar-refractivity contribution in [3.8, 4) is 6.07 Å². The number of imidazole rings is 1. The van der Waals surface area contributed by atoms with Gasteiger partial charge in [-0.3, -0.25) is 0 Å². The molecule has 1 aromatic carbocycles. The third-order valence-corrected chi connectivity index (χ3v) is 2.18. The largest absolute Gasteiger partial charge is 0.384 e. The molecule has 2 N–H and O–H groups in total. The maximum absolute atomic E-state index is 8.64. The first-order chi connectivity index (χ1) is 7.29. The first-order valence-electron chi connectivity index (χ1n) is 4.54. The zero-order chi connectivity index (χ0) is 10.7. The average molecular weight is 198 g/mol. The number of nitrogen functional groups attached to an aromatic ring is 1. The van der Waals surface area contributed by atoms with Crippen molar-refractivity contribution < 1.29 is 0 Å². The van der Waals surface area contributed by atoms with E-state index in [4.69, 9.17) is 11.0 Å². The van der Waals surface area contributed by atoms with Crippen LogP contribution in [0, 0.1) is 11.3 Å². The molecule has 0 aliphatic heterocycles. The topological polar surface area (TPSA) is 67.6 Å². The predicted molar refractivity (Wildman–Crippen MR) is 56.9 cm³/mol. The summed E-state index contributed by atoms with van der Waals surface area (Å²) in [6.07, 6.45) is 3.30. The number of hydrogen-bond acceptors (Lipinski definition) is 3. The van der Waals surface area contributed by atoms with Crippen LogP contribution < -0.4 is 5.73 Å². The second-order valence-electron chi connectivity index (χ2n) is 3.26. The summed E-state index contributed by atoms with van der Waals surface area (Å²) in [6.45, 7) is 0.678. The summed E-state index contributed by atoms with van der Waals surface area (Å²) in [5, 5.41) is 8.64. The molecule has 15 heavy (non-hydrogen) atoms. The van der Waals surface area contributed by atoms with Crippen molar-refractivity contribution in [2.75, 3.05) is 5.73 Å². The molecule has 4 heteroatoms. The van der Waals surface area contributed by atoms with Gasteiger partial charge < -0.3 is 10.3 Å². The van der Waals surface area contributed by atoms with Gasteiger partial charge in [-0.15, -0.1) is 0 Å². The van der Waals surface area contributed by atoms with Crippen molar-refractivity contribution >= 4 is 5.82 Å². The van der Waals surface area contributed by atoms with Crippen molar-refractivity contribution in [2.24, 2.45) is 0 Å². The van der Waals surface area contributed by atoms with Gasteiger partial charge in [-0.25, -0.2) is 4.98 Å². The number of hydrogen-bond donors (Lipinski definition) is 1. The van der Waals surface area contributed by atoms with E-state index in [1.165, 1.54) is 0 Å². The predicted octanol–water partition coefficient (Wildman–Crippen LogP) is 1.39. The summed E-state index contributed by atoms with van der Waals surface area (Å²) in [7, 11) is 0. The normalized spacial score (nSPS) is 9.80. The molecule has 0 aliphatic rings. The van der Waals surface area contributed by atoms with E-state index in [1.807, 2.05) is 16.7 Å². The van der Waals surface area contributed by atoms with Crippen LogP contribution >= 0.6 is 0 Å². The fraction of sp³-hybridized carbons (Fsp3) is 0.0909. The van der Waals surface area contributed by atoms with Crippen molar-refractivity contribution in [3.05, 3.63) is 47.9 Å². The summed E-state index contributed by atoms with van der Waals surface area (Å²) in [6, 6.07) is 9.50. The minimum absolute atomic E-state index is 0.638. The van der Waals surface area contributed by atoms with E-state index in [1.54, 1.807) is 24.7 Å². The van der Waals surface area contributed by atoms with E-state index in [0.29, 0.717) is 17.9 Å². The first kappa shape index (κ1) is 9.28. The molecule has 0 spiro atoms. The Morgan fingerprint density at radius 1 is 1.33 bits per heavy atom. The molecule has 0 amide bonds. The Hall–Kier alpha value is -2.28. The van der Waals surface area contributed by atoms with Gasteiger partial charge in [0, 0.05) is 0 Å². The quantitative estimate of drug-likeness (QED) is 0.792. The SMILES string of the molecule is N#Cc1ccc(Cn2cncc2N)cc1. The molecule has 2 aromatic rings. The van der Waals surface area contributed by atoms with Gasteiger partial charge in [0.2, 0.25) is 0 Å². The minimum Gasteiger partial charge on any atom is -0.384 e. The second-order valence-corrected chi connectivity index (χ2v) is 3.26. The molecule has 4 nitrogen and oxygen atoms in total. The number of aromatic nitrogens is 2. The van der Waals surface area contributed by atoms with Gasteiger partial charge in [-0.1, -0.05) is 12.1 Å². The molecule has 74 valence electrons. The van der Waals surface area contributed by atoms with Gasteiger partial charge >= 0.3 is 0 Å². The summed E-state index contributed by atoms with van der Waals surface area (Å²) in [5.74, 6) is 0.638. The van der Waals surface area contributed by atoms with E-state index >= 15 is 0 Å². The fourth-order valence-corrected chi connectivity index (χ4v) is 1.34. The van der Waals surface area contributed by atoms with Crippen LogP contribution in [0.3, 0.4) is 0 Å². The summed E-state index contributed by atoms with van der Waals surface area (Å²) < 4.78 is 1.85. The number of nitrogens with two attached hydrogens (primary N) is 1. The van der Waals surface area contributed by atoms with E-state index in [2.05, 4.69) is 11.1 Å². The van der Waals surface area contributed by atoms with Gasteiger partial charge in [0.1, 0.15) is 5.82 Å². The third kappa shape index (κ3) is 1.97. The molecule has 0 atom stereocenters. The van der Waals surface area contributed by atoms with Crippen LogP contribution in [0.4, 0.5) is 5.82 Å². The van der Waals surface area contributed by atoms with Gasteiger partial charge in [-0.2, -0.15) is 5.26 Å². The molecular weight excluding hydrogens is 188 g/mol. The number of benzene rings is 1. The standard InChI is InChI=1S/C11H10N4/c12-5-9-1-3-10(4-2-9)7-15-8-14-6-11(15)13/h1-4,6,8H,7,13H2. The summed E-state index contributed by atoms with van der Waals surface area (Å²) in [4.78, 5) is 3.94. The second kappa shape index (κ2) is 3.84. The number of nitriles is 1. The average Bonchev–Trinajstić information content (AvgIpc) is 2.66. The number of anilines is 1. The zero-order valence-electron chi connectivity index (χ0n) is 8.09. The lowest BCUT2D eigenvalue weighted by atomic mass is 10.1. The molecule has 0 aliphatic carbocycles. The molecule has 0 unspecified atom stereocenters. The monoisotopic (exact) mass is 198 g/mol. The highest BCUT2D eigenvalue weighted by Gasteiger charge is 1.98. The molecule has 0 radical (unpaired) electrons. The Labute approximate surface area is 87.6 Å². The Morgan fingerprint density at radius 2 is 2.07 bits per heavy atom. The van der Waals surface area contributed by atoms with Crippen LogP contribution in [-0.2, 0) is 6.54 Å². The van der Waals surface area contributed by atoms with Crippen LogP contribution in [0.25, 0.3) is 0 Å². The molecular formula is C11H10N4. The molecule has 1 heterocycles. The van der Waals surface area contributed by atoms with Crippen LogP contribution in [0.15, 0.2) is 36.8 Å². The Morgan fingerprint density at radius 3 is 2.60 bits per heavy atom. The van der Waals surface area contributed by atoms with Crippen LogP contribution in [0.2, 0.25) is 0 Å². The zero-order valence-corrected chi connectivity index (χ0v) is 8.09. The summed E-state index contributed by atoms with van der Waals surface area (Å²) >= 11 is 0. The van der Waals surface area contributed by atoms with Gasteiger partial charge in [0.15, 0.2) is 0 Å². The number of rotatable bonds is 2. The maximum Gasteiger partial charge on any atom is 0.123 e. The Kier molecular flexibility index (Phi) is 2.38. The molecule has 0 saturated heterocycles. The third-order valence-electron chi connectivity index (χ3n) is 2.18.